The Morgan fingerprint density at radius 3 is 2.56 bits per heavy atom. The van der Waals surface area contributed by atoms with Gasteiger partial charge in [-0.25, -0.2) is 4.98 Å². The zero-order chi connectivity index (χ0) is 11.5. The Labute approximate surface area is 98.5 Å². The van der Waals surface area contributed by atoms with Gasteiger partial charge < -0.3 is 0 Å². The summed E-state index contributed by atoms with van der Waals surface area (Å²) in [5.41, 5.74) is 2.70. The predicted molar refractivity (Wildman–Crippen MR) is 65.5 cm³/mol. The van der Waals surface area contributed by atoms with Crippen LogP contribution in [0.5, 0.6) is 0 Å². The highest BCUT2D eigenvalue weighted by Gasteiger charge is 2.07. The van der Waals surface area contributed by atoms with Gasteiger partial charge in [-0.1, -0.05) is 29.5 Å². The quantitative estimate of drug-likeness (QED) is 0.603. The summed E-state index contributed by atoms with van der Waals surface area (Å²) in [5, 5.41) is 0.825. The van der Waals surface area contributed by atoms with E-state index in [1.165, 1.54) is 17.3 Å². The first-order valence-electron chi connectivity index (χ1n) is 4.90. The molecule has 82 valence electrons. The summed E-state index contributed by atoms with van der Waals surface area (Å²) in [5.74, 6) is 0. The average molecular weight is 232 g/mol. The number of carbonyl (C=O) groups is 1. The molecule has 1 aromatic heterocycles. The molecule has 0 bridgehead atoms. The topological polar surface area (TPSA) is 34.9 Å². The van der Waals surface area contributed by atoms with Gasteiger partial charge in [0.1, 0.15) is 5.69 Å². The molecule has 1 aromatic carbocycles. The lowest BCUT2D eigenvalue weighted by atomic mass is 10.2. The molecule has 4 heteroatoms. The molecule has 0 aliphatic rings. The van der Waals surface area contributed by atoms with E-state index in [-0.39, 0.29) is 0 Å². The first-order chi connectivity index (χ1) is 7.74. The highest BCUT2D eigenvalue weighted by molar-refractivity contribution is 7.98. The third-order valence-electron chi connectivity index (χ3n) is 2.31. The van der Waals surface area contributed by atoms with Crippen molar-refractivity contribution in [3.8, 4) is 5.69 Å². The van der Waals surface area contributed by atoms with Crippen molar-refractivity contribution < 1.29 is 4.79 Å². The van der Waals surface area contributed by atoms with Crippen molar-refractivity contribution in [3.63, 3.8) is 0 Å². The molecule has 3 nitrogen and oxygen atoms in total. The Morgan fingerprint density at radius 1 is 1.31 bits per heavy atom. The van der Waals surface area contributed by atoms with E-state index in [1.54, 1.807) is 6.20 Å². The predicted octanol–water partition coefficient (Wildman–Crippen LogP) is 2.72. The summed E-state index contributed by atoms with van der Waals surface area (Å²) in [6.45, 7) is 2.05. The second-order valence-electron chi connectivity index (χ2n) is 3.48. The van der Waals surface area contributed by atoms with Crippen molar-refractivity contribution in [2.75, 3.05) is 6.26 Å². The maximum atomic E-state index is 10.7. The smallest absolute Gasteiger partial charge is 0.173 e. The average Bonchev–Trinajstić information content (AvgIpc) is 2.73. The minimum absolute atomic E-state index is 0.463. The molecule has 0 radical (unpaired) electrons. The molecule has 0 saturated carbocycles. The molecular formula is C12H12N2OS. The second-order valence-corrected chi connectivity index (χ2v) is 4.25. The van der Waals surface area contributed by atoms with Crippen LogP contribution in [0.1, 0.15) is 16.1 Å². The lowest BCUT2D eigenvalue weighted by molar-refractivity contribution is 0.111. The summed E-state index contributed by atoms with van der Waals surface area (Å²) >= 11 is 1.52. The molecule has 0 atom stereocenters. The van der Waals surface area contributed by atoms with Crippen LogP contribution in [0, 0.1) is 6.92 Å². The normalized spacial score (nSPS) is 10.4. The van der Waals surface area contributed by atoms with Crippen LogP contribution in [0.15, 0.2) is 35.6 Å². The third kappa shape index (κ3) is 2.02. The van der Waals surface area contributed by atoms with Gasteiger partial charge in [0, 0.05) is 11.9 Å². The number of hydrogen-bond acceptors (Lipinski definition) is 3. The molecule has 0 unspecified atom stereocenters. The Hall–Kier alpha value is -1.55. The van der Waals surface area contributed by atoms with Crippen molar-refractivity contribution in [1.82, 2.24) is 9.55 Å². The Morgan fingerprint density at radius 2 is 2.00 bits per heavy atom. The first-order valence-corrected chi connectivity index (χ1v) is 6.12. The molecule has 2 rings (SSSR count). The van der Waals surface area contributed by atoms with E-state index in [1.807, 2.05) is 42.0 Å². The molecule has 0 fully saturated rings. The molecule has 2 aromatic rings. The summed E-state index contributed by atoms with van der Waals surface area (Å²) in [6, 6.07) is 8.12. The van der Waals surface area contributed by atoms with Crippen LogP contribution in [0.25, 0.3) is 5.69 Å². The summed E-state index contributed by atoms with van der Waals surface area (Å²) in [7, 11) is 0. The standard InChI is InChI=1S/C12H12N2OS/c1-9-3-5-11(6-4-9)14-7-10(8-15)13-12(14)16-2/h3-8H,1-2H3. The van der Waals surface area contributed by atoms with Gasteiger partial charge in [-0.05, 0) is 25.3 Å². The van der Waals surface area contributed by atoms with Crippen LogP contribution < -0.4 is 0 Å². The Kier molecular flexibility index (Phi) is 3.10. The number of nitrogens with zero attached hydrogens (tertiary/aromatic N) is 2. The van der Waals surface area contributed by atoms with Gasteiger partial charge in [0.25, 0.3) is 0 Å². The van der Waals surface area contributed by atoms with E-state index in [4.69, 9.17) is 0 Å². The van der Waals surface area contributed by atoms with Crippen LogP contribution in [-0.2, 0) is 0 Å². The Balaban J connectivity index is 2.49. The zero-order valence-electron chi connectivity index (χ0n) is 9.18. The third-order valence-corrected chi connectivity index (χ3v) is 2.96. The van der Waals surface area contributed by atoms with E-state index in [0.29, 0.717) is 5.69 Å². The van der Waals surface area contributed by atoms with Crippen molar-refractivity contribution >= 4 is 18.0 Å². The molecular weight excluding hydrogens is 220 g/mol. The van der Waals surface area contributed by atoms with E-state index in [9.17, 15) is 4.79 Å². The van der Waals surface area contributed by atoms with Crippen molar-refractivity contribution in [2.24, 2.45) is 0 Å². The first kappa shape index (κ1) is 11.0. The number of imidazole rings is 1. The van der Waals surface area contributed by atoms with Crippen molar-refractivity contribution in [1.29, 1.82) is 0 Å². The number of aldehydes is 1. The van der Waals surface area contributed by atoms with Gasteiger partial charge in [0.2, 0.25) is 0 Å². The van der Waals surface area contributed by atoms with Crippen LogP contribution in [0.2, 0.25) is 0 Å². The molecule has 0 aliphatic heterocycles. The highest BCUT2D eigenvalue weighted by atomic mass is 32.2. The molecule has 0 amide bonds. The molecule has 0 N–H and O–H groups in total. The summed E-state index contributed by atoms with van der Waals surface area (Å²) in [6.07, 6.45) is 4.47. The van der Waals surface area contributed by atoms with Gasteiger partial charge in [-0.15, -0.1) is 0 Å². The number of aromatic nitrogens is 2. The van der Waals surface area contributed by atoms with Gasteiger partial charge in [0.15, 0.2) is 11.4 Å². The van der Waals surface area contributed by atoms with Crippen LogP contribution in [0.4, 0.5) is 0 Å². The van der Waals surface area contributed by atoms with Crippen molar-refractivity contribution in [3.05, 3.63) is 41.7 Å². The maximum Gasteiger partial charge on any atom is 0.173 e. The largest absolute Gasteiger partial charge is 0.296 e. The Bertz CT molecular complexity index is 502. The van der Waals surface area contributed by atoms with E-state index in [2.05, 4.69) is 4.98 Å². The van der Waals surface area contributed by atoms with E-state index >= 15 is 0 Å². The number of aryl methyl sites for hydroxylation is 1. The SMILES string of the molecule is CSc1nc(C=O)cn1-c1ccc(C)cc1. The van der Waals surface area contributed by atoms with Crippen LogP contribution in [0.3, 0.4) is 0 Å². The second kappa shape index (κ2) is 4.53. The monoisotopic (exact) mass is 232 g/mol. The van der Waals surface area contributed by atoms with Gasteiger partial charge >= 0.3 is 0 Å². The molecule has 0 saturated heterocycles. The fourth-order valence-electron chi connectivity index (χ4n) is 1.47. The number of carbonyl (C=O) groups excluding carboxylic acids is 1. The number of rotatable bonds is 3. The summed E-state index contributed by atoms with van der Waals surface area (Å²) in [4.78, 5) is 14.9. The molecule has 16 heavy (non-hydrogen) atoms. The van der Waals surface area contributed by atoms with E-state index in [0.717, 1.165) is 17.1 Å². The fourth-order valence-corrected chi connectivity index (χ4v) is 2.02. The summed E-state index contributed by atoms with van der Waals surface area (Å²) < 4.78 is 1.92. The van der Waals surface area contributed by atoms with Gasteiger partial charge in [0.05, 0.1) is 0 Å². The minimum Gasteiger partial charge on any atom is -0.296 e. The molecule has 0 aliphatic carbocycles. The van der Waals surface area contributed by atoms with Crippen LogP contribution >= 0.6 is 11.8 Å². The van der Waals surface area contributed by atoms with Gasteiger partial charge in [-0.3, -0.25) is 9.36 Å². The van der Waals surface area contributed by atoms with Crippen LogP contribution in [-0.4, -0.2) is 22.1 Å². The number of benzene rings is 1. The van der Waals surface area contributed by atoms with E-state index < -0.39 is 0 Å². The molecule has 0 spiro atoms. The minimum atomic E-state index is 0.463. The zero-order valence-corrected chi connectivity index (χ0v) is 9.99. The number of hydrogen-bond donors (Lipinski definition) is 0. The van der Waals surface area contributed by atoms with Crippen molar-refractivity contribution in [2.45, 2.75) is 12.1 Å². The molecule has 1 heterocycles. The highest BCUT2D eigenvalue weighted by Crippen LogP contribution is 2.19. The maximum absolute atomic E-state index is 10.7. The number of thioether (sulfide) groups is 1. The van der Waals surface area contributed by atoms with Gasteiger partial charge in [-0.2, -0.15) is 0 Å². The lowest BCUT2D eigenvalue weighted by Crippen LogP contribution is -1.93. The fraction of sp³-hybridized carbons (Fsp3) is 0.167. The lowest BCUT2D eigenvalue weighted by Gasteiger charge is -2.05.